The summed E-state index contributed by atoms with van der Waals surface area (Å²) in [5.74, 6) is 6.67. The van der Waals surface area contributed by atoms with Crippen molar-refractivity contribution < 1.29 is 9.90 Å². The molecule has 1 amide bonds. The van der Waals surface area contributed by atoms with E-state index in [1.165, 1.54) is 0 Å². The Labute approximate surface area is 121 Å². The zero-order valence-electron chi connectivity index (χ0n) is 12.4. The first-order valence-electron chi connectivity index (χ1n) is 7.03. The molecule has 0 heterocycles. The molecule has 0 aliphatic carbocycles. The van der Waals surface area contributed by atoms with Crippen LogP contribution >= 0.6 is 0 Å². The predicted octanol–water partition coefficient (Wildman–Crippen LogP) is 2.44. The largest absolute Gasteiger partial charge is 0.395 e. The molecule has 108 valence electrons. The second-order valence-corrected chi connectivity index (χ2v) is 5.25. The lowest BCUT2D eigenvalue weighted by Gasteiger charge is -2.16. The minimum atomic E-state index is -0.0913. The van der Waals surface area contributed by atoms with Gasteiger partial charge in [-0.15, -0.1) is 0 Å². The molecule has 0 aliphatic heterocycles. The highest BCUT2D eigenvalue weighted by molar-refractivity contribution is 5.96. The molecular formula is C17H23NO2. The molecule has 0 aromatic heterocycles. The first-order valence-corrected chi connectivity index (χ1v) is 7.03. The number of aliphatic hydroxyl groups is 1. The highest BCUT2D eigenvalue weighted by Gasteiger charge is 2.12. The first kappa shape index (κ1) is 16.3. The minimum Gasteiger partial charge on any atom is -0.395 e. The van der Waals surface area contributed by atoms with Crippen LogP contribution < -0.4 is 5.32 Å². The molecule has 0 spiro atoms. The van der Waals surface area contributed by atoms with Gasteiger partial charge >= 0.3 is 0 Å². The van der Waals surface area contributed by atoms with Crippen molar-refractivity contribution in [3.63, 3.8) is 0 Å². The van der Waals surface area contributed by atoms with Gasteiger partial charge in [0, 0.05) is 18.5 Å². The van der Waals surface area contributed by atoms with Crippen molar-refractivity contribution in [1.29, 1.82) is 0 Å². The third kappa shape index (κ3) is 5.07. The SMILES string of the molecule is CC(C)C(C)CNC(=O)c1ccccc1C#CCCO. The van der Waals surface area contributed by atoms with Crippen LogP contribution in [0.2, 0.25) is 0 Å². The van der Waals surface area contributed by atoms with Crippen molar-refractivity contribution in [2.45, 2.75) is 27.2 Å². The van der Waals surface area contributed by atoms with Crippen LogP contribution in [0.15, 0.2) is 24.3 Å². The van der Waals surface area contributed by atoms with Crippen molar-refractivity contribution >= 4 is 5.91 Å². The summed E-state index contributed by atoms with van der Waals surface area (Å²) in [6.07, 6.45) is 0.417. The van der Waals surface area contributed by atoms with Gasteiger partial charge in [0.1, 0.15) is 0 Å². The topological polar surface area (TPSA) is 49.3 Å². The zero-order valence-corrected chi connectivity index (χ0v) is 12.4. The number of rotatable bonds is 5. The van der Waals surface area contributed by atoms with Crippen molar-refractivity contribution in [1.82, 2.24) is 5.32 Å². The van der Waals surface area contributed by atoms with E-state index in [2.05, 4.69) is 37.9 Å². The molecule has 3 heteroatoms. The van der Waals surface area contributed by atoms with Crippen molar-refractivity contribution in [3.8, 4) is 11.8 Å². The monoisotopic (exact) mass is 273 g/mol. The van der Waals surface area contributed by atoms with Crippen LogP contribution in [-0.2, 0) is 0 Å². The Balaban J connectivity index is 2.76. The van der Waals surface area contributed by atoms with Crippen LogP contribution in [0.4, 0.5) is 0 Å². The Kier molecular flexibility index (Phi) is 6.83. The summed E-state index contributed by atoms with van der Waals surface area (Å²) in [6, 6.07) is 7.29. The van der Waals surface area contributed by atoms with E-state index in [0.29, 0.717) is 35.9 Å². The van der Waals surface area contributed by atoms with Gasteiger partial charge in [0.2, 0.25) is 0 Å². The molecule has 2 N–H and O–H groups in total. The fourth-order valence-electron chi connectivity index (χ4n) is 1.59. The fourth-order valence-corrected chi connectivity index (χ4v) is 1.59. The third-order valence-electron chi connectivity index (χ3n) is 3.35. The second kappa shape index (κ2) is 8.39. The van der Waals surface area contributed by atoms with Gasteiger partial charge in [-0.3, -0.25) is 4.79 Å². The van der Waals surface area contributed by atoms with Gasteiger partial charge in [-0.2, -0.15) is 0 Å². The van der Waals surface area contributed by atoms with Gasteiger partial charge in [-0.25, -0.2) is 0 Å². The predicted molar refractivity (Wildman–Crippen MR) is 81.4 cm³/mol. The molecular weight excluding hydrogens is 250 g/mol. The van der Waals surface area contributed by atoms with Crippen molar-refractivity contribution in [3.05, 3.63) is 35.4 Å². The quantitative estimate of drug-likeness (QED) is 0.810. The average molecular weight is 273 g/mol. The summed E-state index contributed by atoms with van der Waals surface area (Å²) in [5.41, 5.74) is 1.30. The van der Waals surface area contributed by atoms with Crippen LogP contribution in [0.25, 0.3) is 0 Å². The van der Waals surface area contributed by atoms with Crippen LogP contribution in [0.3, 0.4) is 0 Å². The van der Waals surface area contributed by atoms with E-state index in [4.69, 9.17) is 5.11 Å². The summed E-state index contributed by atoms with van der Waals surface area (Å²) in [4.78, 5) is 12.2. The van der Waals surface area contributed by atoms with Gasteiger partial charge in [0.15, 0.2) is 0 Å². The highest BCUT2D eigenvalue weighted by Crippen LogP contribution is 2.10. The first-order chi connectivity index (χ1) is 9.56. The van der Waals surface area contributed by atoms with Crippen molar-refractivity contribution in [2.24, 2.45) is 11.8 Å². The number of hydrogen-bond acceptors (Lipinski definition) is 2. The summed E-state index contributed by atoms with van der Waals surface area (Å²) in [7, 11) is 0. The molecule has 0 aliphatic rings. The lowest BCUT2D eigenvalue weighted by atomic mass is 9.98. The summed E-state index contributed by atoms with van der Waals surface area (Å²) in [6.45, 7) is 7.11. The molecule has 0 radical (unpaired) electrons. The molecule has 20 heavy (non-hydrogen) atoms. The second-order valence-electron chi connectivity index (χ2n) is 5.25. The summed E-state index contributed by atoms with van der Waals surface area (Å²) >= 11 is 0. The Morgan fingerprint density at radius 3 is 2.65 bits per heavy atom. The Morgan fingerprint density at radius 2 is 2.00 bits per heavy atom. The average Bonchev–Trinajstić information content (AvgIpc) is 2.45. The van der Waals surface area contributed by atoms with E-state index in [9.17, 15) is 4.79 Å². The van der Waals surface area contributed by atoms with E-state index in [1.54, 1.807) is 6.07 Å². The fraction of sp³-hybridized carbons (Fsp3) is 0.471. The van der Waals surface area contributed by atoms with Gasteiger partial charge in [-0.1, -0.05) is 44.7 Å². The lowest BCUT2D eigenvalue weighted by Crippen LogP contribution is -2.30. The number of amides is 1. The maximum atomic E-state index is 12.2. The van der Waals surface area contributed by atoms with Gasteiger partial charge in [0.25, 0.3) is 5.91 Å². The van der Waals surface area contributed by atoms with E-state index in [0.717, 1.165) is 0 Å². The van der Waals surface area contributed by atoms with Gasteiger partial charge < -0.3 is 10.4 Å². The van der Waals surface area contributed by atoms with E-state index in [1.807, 2.05) is 18.2 Å². The van der Waals surface area contributed by atoms with Crippen LogP contribution in [0, 0.1) is 23.7 Å². The lowest BCUT2D eigenvalue weighted by molar-refractivity contribution is 0.0944. The minimum absolute atomic E-state index is 0.0350. The molecule has 0 bridgehead atoms. The van der Waals surface area contributed by atoms with Crippen molar-refractivity contribution in [2.75, 3.05) is 13.2 Å². The standard InChI is InChI=1S/C17H23NO2/c1-13(2)14(3)12-18-17(20)16-10-5-4-8-15(16)9-6-7-11-19/h4-5,8,10,13-14,19H,7,11-12H2,1-3H3,(H,18,20). The molecule has 0 fully saturated rings. The number of carbonyl (C=O) groups is 1. The molecule has 1 unspecified atom stereocenters. The zero-order chi connectivity index (χ0) is 15.0. The smallest absolute Gasteiger partial charge is 0.252 e. The highest BCUT2D eigenvalue weighted by atomic mass is 16.2. The Bertz CT molecular complexity index is 497. The Morgan fingerprint density at radius 1 is 1.30 bits per heavy atom. The van der Waals surface area contributed by atoms with E-state index >= 15 is 0 Å². The molecule has 0 saturated carbocycles. The van der Waals surface area contributed by atoms with Gasteiger partial charge in [-0.05, 0) is 24.0 Å². The molecule has 1 aromatic carbocycles. The Hall–Kier alpha value is -1.79. The van der Waals surface area contributed by atoms with E-state index < -0.39 is 0 Å². The third-order valence-corrected chi connectivity index (χ3v) is 3.35. The maximum Gasteiger partial charge on any atom is 0.252 e. The molecule has 1 aromatic rings. The molecule has 3 nitrogen and oxygen atoms in total. The number of nitrogens with one attached hydrogen (secondary N) is 1. The molecule has 1 rings (SSSR count). The molecule has 0 saturated heterocycles. The normalized spacial score (nSPS) is 11.7. The summed E-state index contributed by atoms with van der Waals surface area (Å²) in [5, 5.41) is 11.7. The summed E-state index contributed by atoms with van der Waals surface area (Å²) < 4.78 is 0. The van der Waals surface area contributed by atoms with Gasteiger partial charge in [0.05, 0.1) is 12.2 Å². The van der Waals surface area contributed by atoms with Crippen LogP contribution in [0.5, 0.6) is 0 Å². The number of hydrogen-bond donors (Lipinski definition) is 2. The number of aliphatic hydroxyl groups excluding tert-OH is 1. The molecule has 1 atom stereocenters. The number of carbonyl (C=O) groups excluding carboxylic acids is 1. The maximum absolute atomic E-state index is 12.2. The number of benzene rings is 1. The van der Waals surface area contributed by atoms with Crippen LogP contribution in [0.1, 0.15) is 43.1 Å². The van der Waals surface area contributed by atoms with E-state index in [-0.39, 0.29) is 12.5 Å². The van der Waals surface area contributed by atoms with Crippen LogP contribution in [-0.4, -0.2) is 24.2 Å².